The Hall–Kier alpha value is -1.95. The Morgan fingerprint density at radius 1 is 1.40 bits per heavy atom. The molecule has 0 amide bonds. The third-order valence-corrected chi connectivity index (χ3v) is 1.84. The summed E-state index contributed by atoms with van der Waals surface area (Å²) in [6.45, 7) is 1.64. The fraction of sp³-hybridized carbons (Fsp3) is 0.250. The third kappa shape index (κ3) is 3.03. The molecule has 0 aliphatic carbocycles. The van der Waals surface area contributed by atoms with E-state index in [2.05, 4.69) is 5.92 Å². The number of carbonyl (C=O) groups excluding carboxylic acids is 1. The van der Waals surface area contributed by atoms with Crippen molar-refractivity contribution in [2.45, 2.75) is 13.0 Å². The van der Waals surface area contributed by atoms with Gasteiger partial charge in [0.25, 0.3) is 0 Å². The van der Waals surface area contributed by atoms with Crippen molar-refractivity contribution in [3.8, 4) is 18.1 Å². The molecule has 0 N–H and O–H groups in total. The van der Waals surface area contributed by atoms with E-state index in [1.165, 1.54) is 0 Å². The van der Waals surface area contributed by atoms with Crippen LogP contribution in [0.4, 0.5) is 0 Å². The molecule has 0 saturated heterocycles. The van der Waals surface area contributed by atoms with Gasteiger partial charge in [0.2, 0.25) is 0 Å². The maximum absolute atomic E-state index is 11.5. The summed E-state index contributed by atoms with van der Waals surface area (Å²) in [5.74, 6) is 2.58. The minimum atomic E-state index is -0.514. The molecule has 0 saturated carbocycles. The van der Waals surface area contributed by atoms with Crippen LogP contribution in [0.5, 0.6) is 5.75 Å². The van der Waals surface area contributed by atoms with Gasteiger partial charge in [0.1, 0.15) is 5.75 Å². The number of hydrogen-bond acceptors (Lipinski definition) is 3. The predicted octanol–water partition coefficient (Wildman–Crippen LogP) is 1.87. The van der Waals surface area contributed by atoms with E-state index in [-0.39, 0.29) is 0 Å². The van der Waals surface area contributed by atoms with Crippen molar-refractivity contribution in [2.75, 3.05) is 7.11 Å². The molecule has 15 heavy (non-hydrogen) atoms. The van der Waals surface area contributed by atoms with Crippen LogP contribution in [0, 0.1) is 12.3 Å². The number of hydrogen-bond donors (Lipinski definition) is 0. The molecule has 0 aliphatic rings. The van der Waals surface area contributed by atoms with Crippen LogP contribution in [0.15, 0.2) is 24.3 Å². The normalized spacial score (nSPS) is 11.3. The summed E-state index contributed by atoms with van der Waals surface area (Å²) in [5.41, 5.74) is 0.456. The molecule has 0 bridgehead atoms. The second-order valence-electron chi connectivity index (χ2n) is 2.94. The summed E-state index contributed by atoms with van der Waals surface area (Å²) >= 11 is 0. The van der Waals surface area contributed by atoms with Gasteiger partial charge in [-0.25, -0.2) is 4.79 Å². The van der Waals surface area contributed by atoms with E-state index in [1.54, 1.807) is 38.3 Å². The highest BCUT2D eigenvalue weighted by Crippen LogP contribution is 2.12. The molecule has 0 aliphatic heterocycles. The Bertz CT molecular complexity index is 373. The second kappa shape index (κ2) is 5.06. The molecule has 0 aromatic heterocycles. The van der Waals surface area contributed by atoms with E-state index < -0.39 is 12.1 Å². The summed E-state index contributed by atoms with van der Waals surface area (Å²) in [6, 6.07) is 6.64. The number of rotatable bonds is 3. The first-order valence-corrected chi connectivity index (χ1v) is 4.48. The molecule has 3 heteroatoms. The number of benzene rings is 1. The van der Waals surface area contributed by atoms with Crippen LogP contribution in [-0.4, -0.2) is 19.2 Å². The Morgan fingerprint density at radius 3 is 2.47 bits per heavy atom. The van der Waals surface area contributed by atoms with Crippen LogP contribution in [0.3, 0.4) is 0 Å². The molecule has 0 fully saturated rings. The maximum atomic E-state index is 11.5. The molecule has 3 nitrogen and oxygen atoms in total. The van der Waals surface area contributed by atoms with Crippen LogP contribution in [0.1, 0.15) is 17.3 Å². The molecule has 0 spiro atoms. The summed E-state index contributed by atoms with van der Waals surface area (Å²) in [6.07, 6.45) is 4.58. The van der Waals surface area contributed by atoms with Gasteiger partial charge in [-0.2, -0.15) is 0 Å². The number of terminal acetylenes is 1. The summed E-state index contributed by atoms with van der Waals surface area (Å²) in [7, 11) is 1.56. The lowest BCUT2D eigenvalue weighted by Crippen LogP contribution is -2.12. The summed E-state index contributed by atoms with van der Waals surface area (Å²) in [5, 5.41) is 0. The van der Waals surface area contributed by atoms with Crippen molar-refractivity contribution in [3.05, 3.63) is 29.8 Å². The fourth-order valence-corrected chi connectivity index (χ4v) is 0.990. The fourth-order valence-electron chi connectivity index (χ4n) is 0.990. The highest BCUT2D eigenvalue weighted by Gasteiger charge is 2.09. The lowest BCUT2D eigenvalue weighted by Gasteiger charge is -2.07. The Morgan fingerprint density at radius 2 is 2.00 bits per heavy atom. The molecule has 78 valence electrons. The van der Waals surface area contributed by atoms with Gasteiger partial charge in [0, 0.05) is 0 Å². The van der Waals surface area contributed by atoms with Crippen molar-refractivity contribution in [1.82, 2.24) is 0 Å². The van der Waals surface area contributed by atoms with Crippen LogP contribution in [0.25, 0.3) is 0 Å². The minimum Gasteiger partial charge on any atom is -0.497 e. The molecular weight excluding hydrogens is 192 g/mol. The van der Waals surface area contributed by atoms with Crippen molar-refractivity contribution in [3.63, 3.8) is 0 Å². The second-order valence-corrected chi connectivity index (χ2v) is 2.94. The Kier molecular flexibility index (Phi) is 3.75. The molecule has 0 heterocycles. The number of methoxy groups -OCH3 is 1. The number of ether oxygens (including phenoxy) is 2. The lowest BCUT2D eigenvalue weighted by molar-refractivity contribution is 0.0439. The quantitative estimate of drug-likeness (QED) is 0.557. The molecule has 1 atom stereocenters. The van der Waals surface area contributed by atoms with Crippen molar-refractivity contribution >= 4 is 5.97 Å². The zero-order valence-corrected chi connectivity index (χ0v) is 8.69. The van der Waals surface area contributed by atoms with E-state index in [1.807, 2.05) is 0 Å². The summed E-state index contributed by atoms with van der Waals surface area (Å²) in [4.78, 5) is 11.5. The van der Waals surface area contributed by atoms with Crippen LogP contribution in [-0.2, 0) is 4.74 Å². The molecule has 1 aromatic carbocycles. The monoisotopic (exact) mass is 204 g/mol. The predicted molar refractivity (Wildman–Crippen MR) is 56.7 cm³/mol. The van der Waals surface area contributed by atoms with Gasteiger partial charge in [-0.05, 0) is 31.2 Å². The van der Waals surface area contributed by atoms with Gasteiger partial charge in [0.15, 0.2) is 6.10 Å². The zero-order chi connectivity index (χ0) is 11.3. The minimum absolute atomic E-state index is 0.428. The first-order chi connectivity index (χ1) is 7.17. The topological polar surface area (TPSA) is 35.5 Å². The van der Waals surface area contributed by atoms with Gasteiger partial charge in [-0.1, -0.05) is 5.92 Å². The van der Waals surface area contributed by atoms with Gasteiger partial charge in [-0.3, -0.25) is 0 Å². The van der Waals surface area contributed by atoms with Crippen LogP contribution in [0.2, 0.25) is 0 Å². The molecule has 0 radical (unpaired) electrons. The number of carbonyl (C=O) groups is 1. The van der Waals surface area contributed by atoms with E-state index in [0.29, 0.717) is 11.3 Å². The zero-order valence-electron chi connectivity index (χ0n) is 8.69. The average Bonchev–Trinajstić information content (AvgIpc) is 2.29. The van der Waals surface area contributed by atoms with Crippen molar-refractivity contribution < 1.29 is 14.3 Å². The van der Waals surface area contributed by atoms with Crippen molar-refractivity contribution in [2.24, 2.45) is 0 Å². The smallest absolute Gasteiger partial charge is 0.339 e. The third-order valence-electron chi connectivity index (χ3n) is 1.84. The highest BCUT2D eigenvalue weighted by molar-refractivity contribution is 5.89. The average molecular weight is 204 g/mol. The molecular formula is C12H12O3. The number of esters is 1. The molecule has 1 rings (SSSR count). The first kappa shape index (κ1) is 11.1. The van der Waals surface area contributed by atoms with Gasteiger partial charge in [0.05, 0.1) is 12.7 Å². The first-order valence-electron chi connectivity index (χ1n) is 4.48. The van der Waals surface area contributed by atoms with E-state index >= 15 is 0 Å². The van der Waals surface area contributed by atoms with Gasteiger partial charge >= 0.3 is 5.97 Å². The van der Waals surface area contributed by atoms with Gasteiger partial charge in [-0.15, -0.1) is 6.42 Å². The maximum Gasteiger partial charge on any atom is 0.339 e. The van der Waals surface area contributed by atoms with Crippen molar-refractivity contribution in [1.29, 1.82) is 0 Å². The van der Waals surface area contributed by atoms with Crippen LogP contribution < -0.4 is 4.74 Å². The molecule has 0 unspecified atom stereocenters. The van der Waals surface area contributed by atoms with E-state index in [9.17, 15) is 4.79 Å². The van der Waals surface area contributed by atoms with Gasteiger partial charge < -0.3 is 9.47 Å². The summed E-state index contributed by atoms with van der Waals surface area (Å²) < 4.78 is 9.91. The Balaban J connectivity index is 2.71. The highest BCUT2D eigenvalue weighted by atomic mass is 16.5. The largest absolute Gasteiger partial charge is 0.497 e. The van der Waals surface area contributed by atoms with Crippen LogP contribution >= 0.6 is 0 Å². The lowest BCUT2D eigenvalue weighted by atomic mass is 10.2. The van der Waals surface area contributed by atoms with E-state index in [0.717, 1.165) is 0 Å². The van der Waals surface area contributed by atoms with E-state index in [4.69, 9.17) is 15.9 Å². The standard InChI is InChI=1S/C12H12O3/c1-4-9(2)15-12(13)10-5-7-11(14-3)8-6-10/h1,5-9H,2-3H3/t9-/m0/s1. The Labute approximate surface area is 89.0 Å². The molecule has 1 aromatic rings. The SMILES string of the molecule is C#C[C@H](C)OC(=O)c1ccc(OC)cc1.